The zero-order chi connectivity index (χ0) is 23.9. The van der Waals surface area contributed by atoms with Crippen LogP contribution in [-0.2, 0) is 0 Å². The molecule has 6 aromatic carbocycles. The highest BCUT2D eigenvalue weighted by Gasteiger charge is 2.14. The number of fused-ring (bicyclic) bond motifs is 4. The fraction of sp³-hybridized carbons (Fsp3) is 0. The van der Waals surface area contributed by atoms with E-state index in [0.717, 1.165) is 22.1 Å². The summed E-state index contributed by atoms with van der Waals surface area (Å²) in [5.41, 5.74) is 2.94. The number of hydrogen-bond donors (Lipinski definition) is 0. The first-order chi connectivity index (χ1) is 17.8. The summed E-state index contributed by atoms with van der Waals surface area (Å²) < 4.78 is 0. The minimum Gasteiger partial charge on any atom is -0.208 e. The average Bonchev–Trinajstić information content (AvgIpc) is 2.96. The monoisotopic (exact) mass is 459 g/mol. The van der Waals surface area contributed by atoms with Crippen LogP contribution in [0.4, 0.5) is 0 Å². The quantitative estimate of drug-likeness (QED) is 0.197. The lowest BCUT2D eigenvalue weighted by atomic mass is 9.96. The summed E-state index contributed by atoms with van der Waals surface area (Å²) in [6.45, 7) is 0. The van der Waals surface area contributed by atoms with Crippen molar-refractivity contribution in [3.05, 3.63) is 127 Å². The van der Waals surface area contributed by atoms with E-state index in [2.05, 4.69) is 66.7 Å². The molecule has 0 N–H and O–H groups in total. The first kappa shape index (κ1) is 20.5. The number of hydrogen-bond acceptors (Lipinski definition) is 3. The Balaban J connectivity index is 1.49. The van der Waals surface area contributed by atoms with Gasteiger partial charge in [0.1, 0.15) is 0 Å². The molecule has 3 nitrogen and oxygen atoms in total. The molecule has 0 aliphatic carbocycles. The number of nitrogens with zero attached hydrogens (tertiary/aromatic N) is 3. The van der Waals surface area contributed by atoms with Gasteiger partial charge in [-0.05, 0) is 44.5 Å². The maximum absolute atomic E-state index is 4.96. The molecule has 168 valence electrons. The maximum atomic E-state index is 4.96. The summed E-state index contributed by atoms with van der Waals surface area (Å²) >= 11 is 0. The number of benzene rings is 6. The molecule has 0 radical (unpaired) electrons. The highest BCUT2D eigenvalue weighted by atomic mass is 15.0. The van der Waals surface area contributed by atoms with Crippen LogP contribution in [0, 0.1) is 0 Å². The van der Waals surface area contributed by atoms with E-state index in [0.29, 0.717) is 17.5 Å². The predicted octanol–water partition coefficient (Wildman–Crippen LogP) is 8.33. The molecule has 0 bridgehead atoms. The molecule has 1 heterocycles. The molecule has 3 heteroatoms. The second-order valence-electron chi connectivity index (χ2n) is 8.93. The molecule has 36 heavy (non-hydrogen) atoms. The SMILES string of the molecule is c1ccc(-c2nc(-c3ccccc3)nc(-c3cccc4cc5c(ccc6ccccc65)cc34)n2)cc1. The van der Waals surface area contributed by atoms with Gasteiger partial charge in [0.05, 0.1) is 0 Å². The summed E-state index contributed by atoms with van der Waals surface area (Å²) in [6, 6.07) is 44.0. The van der Waals surface area contributed by atoms with Crippen LogP contribution in [0.5, 0.6) is 0 Å². The highest BCUT2D eigenvalue weighted by molar-refractivity contribution is 6.13. The van der Waals surface area contributed by atoms with Crippen molar-refractivity contribution in [3.63, 3.8) is 0 Å². The van der Waals surface area contributed by atoms with Gasteiger partial charge >= 0.3 is 0 Å². The zero-order valence-electron chi connectivity index (χ0n) is 19.5. The molecule has 0 aliphatic heterocycles. The third kappa shape index (κ3) is 3.50. The van der Waals surface area contributed by atoms with Crippen molar-refractivity contribution >= 4 is 32.3 Å². The van der Waals surface area contributed by atoms with E-state index in [1.807, 2.05) is 60.7 Å². The number of rotatable bonds is 3. The first-order valence-corrected chi connectivity index (χ1v) is 12.0. The van der Waals surface area contributed by atoms with Gasteiger partial charge in [-0.15, -0.1) is 0 Å². The molecule has 7 aromatic rings. The van der Waals surface area contributed by atoms with E-state index < -0.39 is 0 Å². The van der Waals surface area contributed by atoms with Gasteiger partial charge in [-0.2, -0.15) is 0 Å². The van der Waals surface area contributed by atoms with Crippen LogP contribution in [0.1, 0.15) is 0 Å². The molecule has 0 saturated heterocycles. The van der Waals surface area contributed by atoms with E-state index >= 15 is 0 Å². The Morgan fingerprint density at radius 2 is 0.861 bits per heavy atom. The third-order valence-corrected chi connectivity index (χ3v) is 6.68. The van der Waals surface area contributed by atoms with Crippen LogP contribution in [0.15, 0.2) is 127 Å². The maximum Gasteiger partial charge on any atom is 0.164 e. The normalized spacial score (nSPS) is 11.3. The zero-order valence-corrected chi connectivity index (χ0v) is 19.5. The van der Waals surface area contributed by atoms with Crippen LogP contribution in [0.25, 0.3) is 66.5 Å². The van der Waals surface area contributed by atoms with Crippen LogP contribution < -0.4 is 0 Å². The number of aromatic nitrogens is 3. The van der Waals surface area contributed by atoms with Gasteiger partial charge in [0.15, 0.2) is 17.5 Å². The topological polar surface area (TPSA) is 38.7 Å². The van der Waals surface area contributed by atoms with Crippen molar-refractivity contribution in [2.24, 2.45) is 0 Å². The van der Waals surface area contributed by atoms with Gasteiger partial charge in [0.25, 0.3) is 0 Å². The predicted molar refractivity (Wildman–Crippen MR) is 149 cm³/mol. The first-order valence-electron chi connectivity index (χ1n) is 12.0. The molecule has 1 aromatic heterocycles. The molecule has 0 spiro atoms. The van der Waals surface area contributed by atoms with Crippen molar-refractivity contribution in [1.82, 2.24) is 15.0 Å². The smallest absolute Gasteiger partial charge is 0.164 e. The molecule has 0 unspecified atom stereocenters. The van der Waals surface area contributed by atoms with Gasteiger partial charge in [-0.25, -0.2) is 15.0 Å². The summed E-state index contributed by atoms with van der Waals surface area (Å²) in [7, 11) is 0. The Kier molecular flexibility index (Phi) is 4.78. The van der Waals surface area contributed by atoms with Crippen LogP contribution in [0.2, 0.25) is 0 Å². The third-order valence-electron chi connectivity index (χ3n) is 6.68. The van der Waals surface area contributed by atoms with Crippen molar-refractivity contribution < 1.29 is 0 Å². The van der Waals surface area contributed by atoms with Crippen molar-refractivity contribution in [2.45, 2.75) is 0 Å². The van der Waals surface area contributed by atoms with Crippen molar-refractivity contribution in [2.75, 3.05) is 0 Å². The van der Waals surface area contributed by atoms with Crippen molar-refractivity contribution in [1.29, 1.82) is 0 Å². The molecular weight excluding hydrogens is 438 g/mol. The molecule has 0 amide bonds. The molecule has 0 atom stereocenters. The van der Waals surface area contributed by atoms with Gasteiger partial charge in [-0.1, -0.05) is 115 Å². The van der Waals surface area contributed by atoms with Gasteiger partial charge in [0, 0.05) is 16.7 Å². The molecule has 0 saturated carbocycles. The second kappa shape index (κ2) is 8.40. The molecular formula is C33H21N3. The second-order valence-corrected chi connectivity index (χ2v) is 8.93. The molecule has 7 rings (SSSR count). The fourth-order valence-corrected chi connectivity index (χ4v) is 4.90. The van der Waals surface area contributed by atoms with Crippen LogP contribution >= 0.6 is 0 Å². The lowest BCUT2D eigenvalue weighted by Crippen LogP contribution is -2.00. The Morgan fingerprint density at radius 1 is 0.333 bits per heavy atom. The largest absolute Gasteiger partial charge is 0.208 e. The molecule has 0 aliphatic rings. The Bertz CT molecular complexity index is 1820. The summed E-state index contributed by atoms with van der Waals surface area (Å²) in [6.07, 6.45) is 0. The van der Waals surface area contributed by atoms with E-state index in [4.69, 9.17) is 15.0 Å². The molecule has 0 fully saturated rings. The minimum atomic E-state index is 0.670. The lowest BCUT2D eigenvalue weighted by molar-refractivity contribution is 1.08. The van der Waals surface area contributed by atoms with E-state index in [1.54, 1.807) is 0 Å². The van der Waals surface area contributed by atoms with Crippen LogP contribution in [0.3, 0.4) is 0 Å². The van der Waals surface area contributed by atoms with Crippen molar-refractivity contribution in [3.8, 4) is 34.2 Å². The van der Waals surface area contributed by atoms with Crippen LogP contribution in [-0.4, -0.2) is 15.0 Å². The minimum absolute atomic E-state index is 0.670. The lowest BCUT2D eigenvalue weighted by Gasteiger charge is -2.12. The van der Waals surface area contributed by atoms with E-state index in [1.165, 1.54) is 26.9 Å². The summed E-state index contributed by atoms with van der Waals surface area (Å²) in [5, 5.41) is 7.26. The Hall–Kier alpha value is -4.89. The average molecular weight is 460 g/mol. The summed E-state index contributed by atoms with van der Waals surface area (Å²) in [5.74, 6) is 2.01. The standard InChI is InChI=1S/C33H21N3/c1-3-11-23(12-4-1)31-34-32(24-13-5-2-6-14-24)36-33(35-31)28-17-9-15-25-20-29-26(21-30(25)28)19-18-22-10-7-8-16-27(22)29/h1-21H. The van der Waals surface area contributed by atoms with Gasteiger partial charge in [0.2, 0.25) is 0 Å². The Labute approximate surface area is 208 Å². The summed E-state index contributed by atoms with van der Waals surface area (Å²) in [4.78, 5) is 14.8. The van der Waals surface area contributed by atoms with Gasteiger partial charge in [-0.3, -0.25) is 0 Å². The van der Waals surface area contributed by atoms with Gasteiger partial charge < -0.3 is 0 Å². The van der Waals surface area contributed by atoms with E-state index in [9.17, 15) is 0 Å². The fourth-order valence-electron chi connectivity index (χ4n) is 4.90. The highest BCUT2D eigenvalue weighted by Crippen LogP contribution is 2.34. The van der Waals surface area contributed by atoms with E-state index in [-0.39, 0.29) is 0 Å². The Morgan fingerprint density at radius 3 is 1.58 bits per heavy atom.